The van der Waals surface area contributed by atoms with Crippen molar-refractivity contribution in [3.63, 3.8) is 0 Å². The van der Waals surface area contributed by atoms with E-state index in [1.807, 2.05) is 0 Å². The SMILES string of the molecule is Cc1nonc1CNc1ccccc1OC(F)F. The average Bonchev–Trinajstić information content (AvgIpc) is 2.73. The quantitative estimate of drug-likeness (QED) is 0.889. The van der Waals surface area contributed by atoms with Crippen molar-refractivity contribution in [2.45, 2.75) is 20.1 Å². The Hall–Kier alpha value is -2.18. The number of ether oxygens (including phenoxy) is 1. The first-order valence-electron chi connectivity index (χ1n) is 5.22. The number of nitrogens with zero attached hydrogens (tertiary/aromatic N) is 2. The van der Waals surface area contributed by atoms with E-state index in [1.165, 1.54) is 6.07 Å². The standard InChI is InChI=1S/C11H11F2N3O2/c1-7-9(16-18-15-7)6-14-8-4-2-3-5-10(8)17-11(12)13/h2-5,11,14H,6H2,1H3. The fourth-order valence-corrected chi connectivity index (χ4v) is 1.40. The van der Waals surface area contributed by atoms with Crippen LogP contribution in [0.3, 0.4) is 0 Å². The van der Waals surface area contributed by atoms with Crippen LogP contribution in [-0.2, 0) is 6.54 Å². The number of halogens is 2. The second-order valence-electron chi connectivity index (χ2n) is 3.52. The molecule has 5 nitrogen and oxygen atoms in total. The minimum absolute atomic E-state index is 0.0848. The Kier molecular flexibility index (Phi) is 3.71. The van der Waals surface area contributed by atoms with Gasteiger partial charge in [-0.05, 0) is 19.1 Å². The van der Waals surface area contributed by atoms with Crippen LogP contribution in [0.4, 0.5) is 14.5 Å². The summed E-state index contributed by atoms with van der Waals surface area (Å²) in [4.78, 5) is 0. The van der Waals surface area contributed by atoms with Crippen LogP contribution in [0.5, 0.6) is 5.75 Å². The van der Waals surface area contributed by atoms with E-state index in [0.29, 0.717) is 23.6 Å². The van der Waals surface area contributed by atoms with Gasteiger partial charge in [0.05, 0.1) is 12.2 Å². The minimum atomic E-state index is -2.86. The Bertz CT molecular complexity index is 516. The Morgan fingerprint density at radius 2 is 2.11 bits per heavy atom. The highest BCUT2D eigenvalue weighted by molar-refractivity contribution is 5.56. The van der Waals surface area contributed by atoms with E-state index >= 15 is 0 Å². The fraction of sp³-hybridized carbons (Fsp3) is 0.273. The Balaban J connectivity index is 2.07. The van der Waals surface area contributed by atoms with Crippen LogP contribution in [0.25, 0.3) is 0 Å². The largest absolute Gasteiger partial charge is 0.433 e. The summed E-state index contributed by atoms with van der Waals surface area (Å²) in [5, 5.41) is 10.2. The highest BCUT2D eigenvalue weighted by atomic mass is 19.3. The van der Waals surface area contributed by atoms with Crippen molar-refractivity contribution < 1.29 is 18.1 Å². The molecular formula is C11H11F2N3O2. The fourth-order valence-electron chi connectivity index (χ4n) is 1.40. The number of rotatable bonds is 5. The molecule has 2 rings (SSSR count). The van der Waals surface area contributed by atoms with Gasteiger partial charge in [0.2, 0.25) is 0 Å². The highest BCUT2D eigenvalue weighted by Gasteiger charge is 2.10. The minimum Gasteiger partial charge on any atom is -0.433 e. The summed E-state index contributed by atoms with van der Waals surface area (Å²) in [6.07, 6.45) is 0. The number of hydrogen-bond donors (Lipinski definition) is 1. The Morgan fingerprint density at radius 3 is 2.78 bits per heavy atom. The van der Waals surface area contributed by atoms with Gasteiger partial charge in [-0.15, -0.1) is 0 Å². The van der Waals surface area contributed by atoms with Crippen molar-refractivity contribution in [1.29, 1.82) is 0 Å². The van der Waals surface area contributed by atoms with Gasteiger partial charge in [-0.25, -0.2) is 4.63 Å². The van der Waals surface area contributed by atoms with Crippen molar-refractivity contribution in [3.05, 3.63) is 35.7 Å². The van der Waals surface area contributed by atoms with Gasteiger partial charge >= 0.3 is 6.61 Å². The van der Waals surface area contributed by atoms with Gasteiger partial charge in [-0.3, -0.25) is 0 Å². The molecule has 18 heavy (non-hydrogen) atoms. The van der Waals surface area contributed by atoms with Gasteiger partial charge < -0.3 is 10.1 Å². The lowest BCUT2D eigenvalue weighted by Gasteiger charge is -2.11. The number of alkyl halides is 2. The third-order valence-electron chi connectivity index (χ3n) is 2.30. The molecule has 0 aliphatic rings. The zero-order valence-electron chi connectivity index (χ0n) is 9.56. The lowest BCUT2D eigenvalue weighted by atomic mass is 10.2. The summed E-state index contributed by atoms with van der Waals surface area (Å²) in [7, 11) is 0. The Labute approximate surface area is 102 Å². The first kappa shape index (κ1) is 12.3. The summed E-state index contributed by atoms with van der Waals surface area (Å²) >= 11 is 0. The van der Waals surface area contributed by atoms with Crippen LogP contribution in [0.15, 0.2) is 28.9 Å². The summed E-state index contributed by atoms with van der Waals surface area (Å²) in [6, 6.07) is 6.43. The summed E-state index contributed by atoms with van der Waals surface area (Å²) in [5.41, 5.74) is 1.72. The number of nitrogens with one attached hydrogen (secondary N) is 1. The van der Waals surface area contributed by atoms with E-state index in [9.17, 15) is 8.78 Å². The predicted molar refractivity (Wildman–Crippen MR) is 59.4 cm³/mol. The second kappa shape index (κ2) is 5.44. The van der Waals surface area contributed by atoms with Crippen LogP contribution in [0, 0.1) is 6.92 Å². The molecule has 2 aromatic rings. The molecule has 0 unspecified atom stereocenters. The van der Waals surface area contributed by atoms with Gasteiger partial charge in [0.15, 0.2) is 0 Å². The van der Waals surface area contributed by atoms with Gasteiger partial charge in [-0.1, -0.05) is 22.4 Å². The van der Waals surface area contributed by atoms with E-state index in [1.54, 1.807) is 25.1 Å². The molecule has 0 spiro atoms. The predicted octanol–water partition coefficient (Wildman–Crippen LogP) is 2.59. The highest BCUT2D eigenvalue weighted by Crippen LogP contribution is 2.25. The van der Waals surface area contributed by atoms with Crippen molar-refractivity contribution in [2.75, 3.05) is 5.32 Å². The van der Waals surface area contributed by atoms with E-state index in [4.69, 9.17) is 0 Å². The molecule has 0 aliphatic heterocycles. The van der Waals surface area contributed by atoms with Gasteiger partial charge in [0.25, 0.3) is 0 Å². The molecule has 1 aromatic carbocycles. The molecular weight excluding hydrogens is 244 g/mol. The molecule has 7 heteroatoms. The summed E-state index contributed by atoms with van der Waals surface area (Å²) in [5.74, 6) is 0.0848. The molecule has 0 aliphatic carbocycles. The second-order valence-corrected chi connectivity index (χ2v) is 3.52. The van der Waals surface area contributed by atoms with Crippen molar-refractivity contribution in [1.82, 2.24) is 10.3 Å². The van der Waals surface area contributed by atoms with Crippen molar-refractivity contribution >= 4 is 5.69 Å². The maximum absolute atomic E-state index is 12.2. The van der Waals surface area contributed by atoms with E-state index < -0.39 is 6.61 Å². The van der Waals surface area contributed by atoms with Crippen LogP contribution < -0.4 is 10.1 Å². The van der Waals surface area contributed by atoms with Crippen LogP contribution in [0.2, 0.25) is 0 Å². The number of aromatic nitrogens is 2. The van der Waals surface area contributed by atoms with Gasteiger partial charge in [-0.2, -0.15) is 8.78 Å². The first-order valence-corrected chi connectivity index (χ1v) is 5.22. The third-order valence-corrected chi connectivity index (χ3v) is 2.30. The van der Waals surface area contributed by atoms with Crippen LogP contribution in [-0.4, -0.2) is 16.9 Å². The topological polar surface area (TPSA) is 60.2 Å². The van der Waals surface area contributed by atoms with Crippen LogP contribution >= 0.6 is 0 Å². The molecule has 1 N–H and O–H groups in total. The molecule has 0 bridgehead atoms. The number of anilines is 1. The molecule has 0 radical (unpaired) electrons. The molecule has 0 saturated heterocycles. The Morgan fingerprint density at radius 1 is 1.33 bits per heavy atom. The molecule has 0 saturated carbocycles. The summed E-state index contributed by atoms with van der Waals surface area (Å²) in [6.45, 7) is -0.794. The van der Waals surface area contributed by atoms with E-state index in [0.717, 1.165) is 0 Å². The third kappa shape index (κ3) is 2.93. The van der Waals surface area contributed by atoms with Crippen LogP contribution in [0.1, 0.15) is 11.4 Å². The molecule has 1 aromatic heterocycles. The lowest BCUT2D eigenvalue weighted by molar-refractivity contribution is -0.0493. The van der Waals surface area contributed by atoms with E-state index in [-0.39, 0.29) is 5.75 Å². The maximum Gasteiger partial charge on any atom is 0.387 e. The molecule has 96 valence electrons. The maximum atomic E-state index is 12.2. The van der Waals surface area contributed by atoms with E-state index in [2.05, 4.69) is 25.0 Å². The number of para-hydroxylation sites is 2. The zero-order chi connectivity index (χ0) is 13.0. The van der Waals surface area contributed by atoms with Crippen molar-refractivity contribution in [2.24, 2.45) is 0 Å². The average molecular weight is 255 g/mol. The number of aryl methyl sites for hydroxylation is 1. The molecule has 0 amide bonds. The van der Waals surface area contributed by atoms with Gasteiger partial charge in [0.1, 0.15) is 17.1 Å². The normalized spacial score (nSPS) is 10.7. The smallest absolute Gasteiger partial charge is 0.387 e. The molecule has 1 heterocycles. The first-order chi connectivity index (χ1) is 8.66. The van der Waals surface area contributed by atoms with Crippen molar-refractivity contribution in [3.8, 4) is 5.75 Å². The molecule has 0 fully saturated rings. The number of hydrogen-bond acceptors (Lipinski definition) is 5. The zero-order valence-corrected chi connectivity index (χ0v) is 9.56. The lowest BCUT2D eigenvalue weighted by Crippen LogP contribution is -2.07. The monoisotopic (exact) mass is 255 g/mol. The number of benzene rings is 1. The molecule has 0 atom stereocenters. The summed E-state index contributed by atoms with van der Waals surface area (Å²) < 4.78 is 33.3. The van der Waals surface area contributed by atoms with Gasteiger partial charge in [0, 0.05) is 0 Å².